The van der Waals surface area contributed by atoms with Crippen LogP contribution in [0.2, 0.25) is 0 Å². The number of hydrogen-bond donors (Lipinski definition) is 0. The molecule has 0 radical (unpaired) electrons. The van der Waals surface area contributed by atoms with Gasteiger partial charge in [0.1, 0.15) is 15.9 Å². The van der Waals surface area contributed by atoms with E-state index in [1.807, 2.05) is 0 Å². The quantitative estimate of drug-likeness (QED) is 0.768. The summed E-state index contributed by atoms with van der Waals surface area (Å²) < 4.78 is 53.0. The molecule has 0 saturated carbocycles. The van der Waals surface area contributed by atoms with Crippen LogP contribution in [0.1, 0.15) is 0 Å². The Morgan fingerprint density at radius 2 is 1.82 bits per heavy atom. The van der Waals surface area contributed by atoms with Gasteiger partial charge in [0.05, 0.1) is 16.6 Å². The maximum atomic E-state index is 11.4. The maximum absolute atomic E-state index is 11.4. The summed E-state index contributed by atoms with van der Waals surface area (Å²) in [4.78, 5) is -0.497. The van der Waals surface area contributed by atoms with E-state index in [0.29, 0.717) is 0 Å². The number of benzene rings is 1. The lowest BCUT2D eigenvalue weighted by Crippen LogP contribution is -2.00. The normalized spacial score (nSPS) is 13.1. The van der Waals surface area contributed by atoms with Crippen LogP contribution in [0.5, 0.6) is 0 Å². The third-order valence-corrected chi connectivity index (χ3v) is 4.96. The zero-order chi connectivity index (χ0) is 12.8. The maximum Gasteiger partial charge on any atom is 0.263 e. The van der Waals surface area contributed by atoms with Crippen molar-refractivity contribution in [3.05, 3.63) is 12.1 Å². The molecule has 0 aliphatic carbocycles. The SMILES string of the molecule is CS(=O)(=O)c1cc(S(=O)(=O)Cl)c2nsnc2c1. The predicted octanol–water partition coefficient (Wildman–Crippen LogP) is 1.02. The summed E-state index contributed by atoms with van der Waals surface area (Å²) in [6.45, 7) is 0. The van der Waals surface area contributed by atoms with Gasteiger partial charge >= 0.3 is 0 Å². The summed E-state index contributed by atoms with van der Waals surface area (Å²) in [5, 5.41) is 0. The van der Waals surface area contributed by atoms with E-state index in [1.54, 1.807) is 0 Å². The smallest absolute Gasteiger partial charge is 0.224 e. The first-order valence-electron chi connectivity index (χ1n) is 4.10. The molecule has 17 heavy (non-hydrogen) atoms. The molecule has 1 aromatic carbocycles. The third kappa shape index (κ3) is 2.41. The standard InChI is InChI=1S/C7H5ClN2O4S3/c1-16(11,12)4-2-5-7(10-15-9-5)6(3-4)17(8,13)14/h2-3H,1H3. The van der Waals surface area contributed by atoms with Crippen LogP contribution in [0.25, 0.3) is 11.0 Å². The highest BCUT2D eigenvalue weighted by Crippen LogP contribution is 2.28. The number of rotatable bonds is 2. The summed E-state index contributed by atoms with van der Waals surface area (Å²) in [6.07, 6.45) is 0.971. The number of hydrogen-bond acceptors (Lipinski definition) is 7. The van der Waals surface area contributed by atoms with Crippen LogP contribution in [0.3, 0.4) is 0 Å². The van der Waals surface area contributed by atoms with E-state index in [4.69, 9.17) is 10.7 Å². The van der Waals surface area contributed by atoms with Gasteiger partial charge in [0.2, 0.25) is 0 Å². The summed E-state index contributed by atoms with van der Waals surface area (Å²) in [7, 11) is -2.38. The molecule has 0 aliphatic rings. The van der Waals surface area contributed by atoms with Crippen LogP contribution >= 0.6 is 22.4 Å². The zero-order valence-corrected chi connectivity index (χ0v) is 11.5. The van der Waals surface area contributed by atoms with E-state index < -0.39 is 18.9 Å². The monoisotopic (exact) mass is 312 g/mol. The molecule has 0 amide bonds. The predicted molar refractivity (Wildman–Crippen MR) is 63.6 cm³/mol. The van der Waals surface area contributed by atoms with Gasteiger partial charge in [-0.3, -0.25) is 0 Å². The lowest BCUT2D eigenvalue weighted by Gasteiger charge is -2.01. The van der Waals surface area contributed by atoms with Crippen molar-refractivity contribution in [2.75, 3.05) is 6.26 Å². The number of fused-ring (bicyclic) bond motifs is 1. The highest BCUT2D eigenvalue weighted by Gasteiger charge is 2.21. The third-order valence-electron chi connectivity index (χ3n) is 1.99. The van der Waals surface area contributed by atoms with Crippen LogP contribution < -0.4 is 0 Å². The van der Waals surface area contributed by atoms with Crippen LogP contribution in [0, 0.1) is 0 Å². The van der Waals surface area contributed by atoms with E-state index in [0.717, 1.165) is 24.1 Å². The van der Waals surface area contributed by atoms with E-state index in [9.17, 15) is 16.8 Å². The topological polar surface area (TPSA) is 94.1 Å². The van der Waals surface area contributed by atoms with Crippen LogP contribution in [-0.2, 0) is 18.9 Å². The van der Waals surface area contributed by atoms with Crippen molar-refractivity contribution in [1.82, 2.24) is 8.75 Å². The Morgan fingerprint density at radius 1 is 1.18 bits per heavy atom. The van der Waals surface area contributed by atoms with Gasteiger partial charge in [-0.05, 0) is 12.1 Å². The highest BCUT2D eigenvalue weighted by molar-refractivity contribution is 8.14. The molecule has 0 N–H and O–H groups in total. The lowest BCUT2D eigenvalue weighted by molar-refractivity contribution is 0.601. The summed E-state index contributed by atoms with van der Waals surface area (Å²) >= 11 is 0.785. The largest absolute Gasteiger partial charge is 0.263 e. The minimum atomic E-state index is -4.07. The van der Waals surface area contributed by atoms with Crippen molar-refractivity contribution in [3.8, 4) is 0 Å². The fourth-order valence-electron chi connectivity index (χ4n) is 1.24. The second-order valence-electron chi connectivity index (χ2n) is 3.26. The Labute approximate surface area is 106 Å². The molecule has 0 fully saturated rings. The van der Waals surface area contributed by atoms with Gasteiger partial charge in [0.15, 0.2) is 9.84 Å². The first-order valence-corrected chi connectivity index (χ1v) is 9.04. The molecule has 0 atom stereocenters. The number of halogens is 1. The van der Waals surface area contributed by atoms with Crippen LogP contribution in [0.15, 0.2) is 21.9 Å². The molecule has 0 unspecified atom stereocenters. The van der Waals surface area contributed by atoms with Crippen molar-refractivity contribution < 1.29 is 16.8 Å². The average molecular weight is 313 g/mol. The Kier molecular flexibility index (Phi) is 2.89. The second kappa shape index (κ2) is 3.87. The Bertz CT molecular complexity index is 794. The summed E-state index contributed by atoms with van der Waals surface area (Å²) in [6, 6.07) is 2.25. The molecule has 1 heterocycles. The first-order chi connectivity index (χ1) is 7.69. The van der Waals surface area contributed by atoms with E-state index in [2.05, 4.69) is 8.75 Å². The molecule has 92 valence electrons. The molecule has 0 bridgehead atoms. The minimum absolute atomic E-state index is 0.0809. The van der Waals surface area contributed by atoms with Gasteiger partial charge in [0.25, 0.3) is 9.05 Å². The number of aromatic nitrogens is 2. The van der Waals surface area contributed by atoms with Crippen molar-refractivity contribution in [3.63, 3.8) is 0 Å². The fraction of sp³-hybridized carbons (Fsp3) is 0.143. The highest BCUT2D eigenvalue weighted by atomic mass is 35.7. The van der Waals surface area contributed by atoms with Crippen molar-refractivity contribution in [2.24, 2.45) is 0 Å². The molecule has 0 spiro atoms. The van der Waals surface area contributed by atoms with E-state index >= 15 is 0 Å². The zero-order valence-electron chi connectivity index (χ0n) is 8.28. The van der Waals surface area contributed by atoms with Gasteiger partial charge in [-0.2, -0.15) is 8.75 Å². The molecule has 0 aliphatic heterocycles. The van der Waals surface area contributed by atoms with Gasteiger partial charge in [0, 0.05) is 16.9 Å². The molecule has 6 nitrogen and oxygen atoms in total. The molecule has 2 aromatic rings. The fourth-order valence-corrected chi connectivity index (χ4v) is 3.57. The molecular formula is C7H5ClN2O4S3. The van der Waals surface area contributed by atoms with Crippen molar-refractivity contribution in [1.29, 1.82) is 0 Å². The van der Waals surface area contributed by atoms with Gasteiger partial charge in [-0.25, -0.2) is 16.8 Å². The van der Waals surface area contributed by atoms with Gasteiger partial charge < -0.3 is 0 Å². The minimum Gasteiger partial charge on any atom is -0.224 e. The van der Waals surface area contributed by atoms with Crippen LogP contribution in [0.4, 0.5) is 0 Å². The first kappa shape index (κ1) is 12.7. The molecule has 1 aromatic heterocycles. The average Bonchev–Trinajstić information content (AvgIpc) is 2.59. The number of nitrogens with zero attached hydrogens (tertiary/aromatic N) is 2. The molecule has 2 rings (SSSR count). The Balaban J connectivity index is 2.96. The van der Waals surface area contributed by atoms with E-state index in [1.165, 1.54) is 6.07 Å². The molecular weight excluding hydrogens is 308 g/mol. The summed E-state index contributed by atoms with van der Waals surface area (Å²) in [5.74, 6) is 0. The van der Waals surface area contributed by atoms with E-state index in [-0.39, 0.29) is 20.8 Å². The second-order valence-corrected chi connectivity index (χ2v) is 8.34. The lowest BCUT2D eigenvalue weighted by atomic mass is 10.3. The Morgan fingerprint density at radius 3 is 2.35 bits per heavy atom. The van der Waals surface area contributed by atoms with Crippen LogP contribution in [-0.4, -0.2) is 31.8 Å². The molecule has 10 heteroatoms. The summed E-state index contributed by atoms with van der Waals surface area (Å²) in [5.41, 5.74) is 0.273. The Hall–Kier alpha value is -0.770. The van der Waals surface area contributed by atoms with Crippen molar-refractivity contribution >= 4 is 52.3 Å². The molecule has 0 saturated heterocycles. The van der Waals surface area contributed by atoms with Gasteiger partial charge in [-0.1, -0.05) is 0 Å². The number of sulfone groups is 1. The van der Waals surface area contributed by atoms with Crippen molar-refractivity contribution in [2.45, 2.75) is 9.79 Å². The van der Waals surface area contributed by atoms with Gasteiger partial charge in [-0.15, -0.1) is 0 Å².